The summed E-state index contributed by atoms with van der Waals surface area (Å²) in [5.41, 5.74) is 0.466. The molecular weight excluding hydrogens is 284 g/mol. The molecule has 22 heavy (non-hydrogen) atoms. The van der Waals surface area contributed by atoms with Crippen LogP contribution in [0, 0.1) is 0 Å². The zero-order valence-electron chi connectivity index (χ0n) is 12.5. The fourth-order valence-corrected chi connectivity index (χ4v) is 2.39. The Kier molecular flexibility index (Phi) is 6.21. The van der Waals surface area contributed by atoms with Gasteiger partial charge in [-0.2, -0.15) is 0 Å². The van der Waals surface area contributed by atoms with Crippen molar-refractivity contribution in [3.05, 3.63) is 29.8 Å². The van der Waals surface area contributed by atoms with Crippen molar-refractivity contribution in [1.29, 1.82) is 0 Å². The van der Waals surface area contributed by atoms with Crippen LogP contribution in [0.15, 0.2) is 24.3 Å². The molecule has 3 N–H and O–H groups in total. The van der Waals surface area contributed by atoms with E-state index < -0.39 is 0 Å². The molecule has 0 radical (unpaired) electrons. The molecule has 2 rings (SSSR count). The Morgan fingerprint density at radius 2 is 1.73 bits per heavy atom. The SMILES string of the molecule is O=C(COC1CCCC1)NCCNC(=O)c1ccc(O)cc1. The summed E-state index contributed by atoms with van der Waals surface area (Å²) in [5, 5.41) is 14.6. The number of carbonyl (C=O) groups excluding carboxylic acids is 2. The second kappa shape index (κ2) is 8.38. The number of hydrogen-bond acceptors (Lipinski definition) is 4. The number of ether oxygens (including phenoxy) is 1. The molecular formula is C16H22N2O4. The lowest BCUT2D eigenvalue weighted by Gasteiger charge is -2.11. The summed E-state index contributed by atoms with van der Waals surface area (Å²) >= 11 is 0. The first-order chi connectivity index (χ1) is 10.6. The molecule has 0 unspecified atom stereocenters. The molecule has 1 fully saturated rings. The minimum atomic E-state index is -0.239. The van der Waals surface area contributed by atoms with Gasteiger partial charge in [0.25, 0.3) is 5.91 Å². The Morgan fingerprint density at radius 1 is 1.09 bits per heavy atom. The van der Waals surface area contributed by atoms with Gasteiger partial charge >= 0.3 is 0 Å². The summed E-state index contributed by atoms with van der Waals surface area (Å²) in [7, 11) is 0. The molecule has 2 amide bonds. The highest BCUT2D eigenvalue weighted by molar-refractivity contribution is 5.94. The van der Waals surface area contributed by atoms with Crippen LogP contribution in [0.1, 0.15) is 36.0 Å². The fourth-order valence-electron chi connectivity index (χ4n) is 2.39. The zero-order valence-corrected chi connectivity index (χ0v) is 12.5. The number of phenols is 1. The van der Waals surface area contributed by atoms with Gasteiger partial charge in [0.2, 0.25) is 5.91 Å². The molecule has 0 atom stereocenters. The molecule has 0 bridgehead atoms. The molecule has 6 nitrogen and oxygen atoms in total. The van der Waals surface area contributed by atoms with E-state index in [0.29, 0.717) is 18.7 Å². The molecule has 120 valence electrons. The van der Waals surface area contributed by atoms with Crippen LogP contribution in [0.3, 0.4) is 0 Å². The highest BCUT2D eigenvalue weighted by Crippen LogP contribution is 2.20. The highest BCUT2D eigenvalue weighted by Gasteiger charge is 2.16. The van der Waals surface area contributed by atoms with Gasteiger partial charge in [-0.25, -0.2) is 0 Å². The predicted octanol–water partition coefficient (Wildman–Crippen LogP) is 1.20. The van der Waals surface area contributed by atoms with E-state index in [-0.39, 0.29) is 30.3 Å². The average molecular weight is 306 g/mol. The molecule has 1 aliphatic rings. The summed E-state index contributed by atoms with van der Waals surface area (Å²) in [6.45, 7) is 0.780. The van der Waals surface area contributed by atoms with E-state index in [2.05, 4.69) is 10.6 Å². The maximum atomic E-state index is 11.8. The monoisotopic (exact) mass is 306 g/mol. The largest absolute Gasteiger partial charge is 0.508 e. The molecule has 0 saturated heterocycles. The first-order valence-electron chi connectivity index (χ1n) is 7.60. The lowest BCUT2D eigenvalue weighted by Crippen LogP contribution is -2.36. The van der Waals surface area contributed by atoms with Gasteiger partial charge in [-0.1, -0.05) is 12.8 Å². The van der Waals surface area contributed by atoms with Crippen LogP contribution in [-0.4, -0.2) is 42.7 Å². The minimum Gasteiger partial charge on any atom is -0.508 e. The molecule has 1 saturated carbocycles. The van der Waals surface area contributed by atoms with Gasteiger partial charge in [-0.3, -0.25) is 9.59 Å². The number of rotatable bonds is 7. The van der Waals surface area contributed by atoms with Crippen LogP contribution >= 0.6 is 0 Å². The van der Waals surface area contributed by atoms with E-state index >= 15 is 0 Å². The van der Waals surface area contributed by atoms with Gasteiger partial charge in [0.1, 0.15) is 12.4 Å². The van der Waals surface area contributed by atoms with Crippen LogP contribution in [0.2, 0.25) is 0 Å². The maximum Gasteiger partial charge on any atom is 0.251 e. The highest BCUT2D eigenvalue weighted by atomic mass is 16.5. The third kappa shape index (κ3) is 5.37. The fraction of sp³-hybridized carbons (Fsp3) is 0.500. The van der Waals surface area contributed by atoms with Gasteiger partial charge < -0.3 is 20.5 Å². The number of aromatic hydroxyl groups is 1. The van der Waals surface area contributed by atoms with E-state index in [0.717, 1.165) is 12.8 Å². The standard InChI is InChI=1S/C16H22N2O4/c19-13-7-5-12(6-8-13)16(21)18-10-9-17-15(20)11-22-14-3-1-2-4-14/h5-8,14,19H,1-4,9-11H2,(H,17,20)(H,18,21). The van der Waals surface area contributed by atoms with Crippen molar-refractivity contribution in [2.45, 2.75) is 31.8 Å². The molecule has 1 aromatic rings. The van der Waals surface area contributed by atoms with Crippen LogP contribution in [0.4, 0.5) is 0 Å². The third-order valence-electron chi connectivity index (χ3n) is 3.61. The first-order valence-corrected chi connectivity index (χ1v) is 7.60. The van der Waals surface area contributed by atoms with E-state index in [1.807, 2.05) is 0 Å². The topological polar surface area (TPSA) is 87.7 Å². The van der Waals surface area contributed by atoms with Crippen molar-refractivity contribution in [2.24, 2.45) is 0 Å². The Morgan fingerprint density at radius 3 is 2.41 bits per heavy atom. The Bertz CT molecular complexity index is 495. The second-order valence-corrected chi connectivity index (χ2v) is 5.37. The van der Waals surface area contributed by atoms with Crippen molar-refractivity contribution in [2.75, 3.05) is 19.7 Å². The second-order valence-electron chi connectivity index (χ2n) is 5.37. The predicted molar refractivity (Wildman–Crippen MR) is 81.7 cm³/mol. The summed E-state index contributed by atoms with van der Waals surface area (Å²) in [5.74, 6) is -0.284. The van der Waals surface area contributed by atoms with Crippen molar-refractivity contribution in [3.63, 3.8) is 0 Å². The summed E-state index contributed by atoms with van der Waals surface area (Å²) < 4.78 is 5.50. The summed E-state index contributed by atoms with van der Waals surface area (Å²) in [6, 6.07) is 5.99. The normalized spacial score (nSPS) is 14.7. The van der Waals surface area contributed by atoms with Crippen molar-refractivity contribution >= 4 is 11.8 Å². The van der Waals surface area contributed by atoms with Crippen LogP contribution in [0.25, 0.3) is 0 Å². The average Bonchev–Trinajstić information content (AvgIpc) is 3.03. The molecule has 0 aromatic heterocycles. The van der Waals surface area contributed by atoms with Crippen LogP contribution in [0.5, 0.6) is 5.75 Å². The van der Waals surface area contributed by atoms with Crippen molar-refractivity contribution in [3.8, 4) is 5.75 Å². The lowest BCUT2D eigenvalue weighted by atomic mass is 10.2. The van der Waals surface area contributed by atoms with E-state index in [1.165, 1.54) is 25.0 Å². The molecule has 0 aliphatic heterocycles. The summed E-state index contributed by atoms with van der Waals surface area (Å²) in [4.78, 5) is 23.3. The van der Waals surface area contributed by atoms with E-state index in [1.54, 1.807) is 12.1 Å². The quantitative estimate of drug-likeness (QED) is 0.661. The maximum absolute atomic E-state index is 11.8. The number of carbonyl (C=O) groups is 2. The number of amides is 2. The molecule has 1 aromatic carbocycles. The molecule has 1 aliphatic carbocycles. The van der Waals surface area contributed by atoms with Crippen LogP contribution in [-0.2, 0) is 9.53 Å². The Balaban J connectivity index is 1.57. The van der Waals surface area contributed by atoms with Gasteiger partial charge in [0.05, 0.1) is 6.10 Å². The van der Waals surface area contributed by atoms with Gasteiger partial charge in [0, 0.05) is 18.7 Å². The number of benzene rings is 1. The van der Waals surface area contributed by atoms with E-state index in [4.69, 9.17) is 9.84 Å². The molecule has 0 heterocycles. The van der Waals surface area contributed by atoms with Crippen LogP contribution < -0.4 is 10.6 Å². The minimum absolute atomic E-state index is 0.0799. The van der Waals surface area contributed by atoms with Gasteiger partial charge in [-0.15, -0.1) is 0 Å². The first kappa shape index (κ1) is 16.3. The van der Waals surface area contributed by atoms with Gasteiger partial charge in [-0.05, 0) is 37.1 Å². The lowest BCUT2D eigenvalue weighted by molar-refractivity contribution is -0.127. The third-order valence-corrected chi connectivity index (χ3v) is 3.61. The molecule has 6 heteroatoms. The van der Waals surface area contributed by atoms with Crippen molar-refractivity contribution < 1.29 is 19.4 Å². The molecule has 0 spiro atoms. The zero-order chi connectivity index (χ0) is 15.8. The van der Waals surface area contributed by atoms with Crippen molar-refractivity contribution in [1.82, 2.24) is 10.6 Å². The Labute approximate surface area is 129 Å². The van der Waals surface area contributed by atoms with Gasteiger partial charge in [0.15, 0.2) is 0 Å². The Hall–Kier alpha value is -2.08. The number of nitrogens with one attached hydrogen (secondary N) is 2. The smallest absolute Gasteiger partial charge is 0.251 e. The summed E-state index contributed by atoms with van der Waals surface area (Å²) in [6.07, 6.45) is 4.65. The number of phenolic OH excluding ortho intramolecular Hbond substituents is 1. The van der Waals surface area contributed by atoms with E-state index in [9.17, 15) is 9.59 Å². The number of hydrogen-bond donors (Lipinski definition) is 3.